The fourth-order valence-corrected chi connectivity index (χ4v) is 3.10. The van der Waals surface area contributed by atoms with Crippen molar-refractivity contribution in [1.29, 1.82) is 0 Å². The van der Waals surface area contributed by atoms with Gasteiger partial charge < -0.3 is 0 Å². The fraction of sp³-hybridized carbons (Fsp3) is 0.667. The second kappa shape index (κ2) is 11.5. The summed E-state index contributed by atoms with van der Waals surface area (Å²) in [5.74, 6) is 1.34. The Bertz CT molecular complexity index is 349. The molecule has 114 valence electrons. The highest BCUT2D eigenvalue weighted by atomic mass is 35.5. The third-order valence-electron chi connectivity index (χ3n) is 3.85. The van der Waals surface area contributed by atoms with Crippen LogP contribution in [0.25, 0.3) is 0 Å². The molecule has 0 radical (unpaired) electrons. The van der Waals surface area contributed by atoms with Crippen molar-refractivity contribution in [2.75, 3.05) is 5.88 Å². The summed E-state index contributed by atoms with van der Waals surface area (Å²) in [5.41, 5.74) is 1.31. The van der Waals surface area contributed by atoms with Crippen LogP contribution in [0.3, 0.4) is 0 Å². The van der Waals surface area contributed by atoms with Crippen LogP contribution in [0.5, 0.6) is 0 Å². The average molecular weight is 315 g/mol. The molecule has 0 aliphatic carbocycles. The molecule has 1 atom stereocenters. The van der Waals surface area contributed by atoms with E-state index in [2.05, 4.69) is 19.1 Å². The first kappa shape index (κ1) is 17.9. The van der Waals surface area contributed by atoms with E-state index < -0.39 is 0 Å². The first-order valence-electron chi connectivity index (χ1n) is 8.06. The van der Waals surface area contributed by atoms with E-state index in [0.29, 0.717) is 5.92 Å². The Morgan fingerprint density at radius 2 is 1.70 bits per heavy atom. The monoisotopic (exact) mass is 314 g/mol. The van der Waals surface area contributed by atoms with E-state index in [-0.39, 0.29) is 0 Å². The lowest BCUT2D eigenvalue weighted by molar-refractivity contribution is 0.483. The van der Waals surface area contributed by atoms with Gasteiger partial charge in [0.25, 0.3) is 0 Å². The van der Waals surface area contributed by atoms with Gasteiger partial charge in [-0.1, -0.05) is 75.6 Å². The van der Waals surface area contributed by atoms with Gasteiger partial charge in [0.15, 0.2) is 0 Å². The molecule has 0 heterocycles. The lowest BCUT2D eigenvalue weighted by atomic mass is 9.95. The van der Waals surface area contributed by atoms with Crippen molar-refractivity contribution in [2.24, 2.45) is 5.92 Å². The minimum atomic E-state index is 0.589. The van der Waals surface area contributed by atoms with Crippen LogP contribution in [-0.4, -0.2) is 5.88 Å². The molecule has 0 aliphatic rings. The van der Waals surface area contributed by atoms with E-state index in [9.17, 15) is 0 Å². The Balaban J connectivity index is 2.16. The Labute approximate surface area is 134 Å². The molecule has 0 spiro atoms. The van der Waals surface area contributed by atoms with Crippen LogP contribution in [0.4, 0.5) is 0 Å². The summed E-state index contributed by atoms with van der Waals surface area (Å²) in [4.78, 5) is 0. The zero-order chi connectivity index (χ0) is 14.6. The van der Waals surface area contributed by atoms with Crippen LogP contribution in [0, 0.1) is 5.92 Å². The van der Waals surface area contributed by atoms with Crippen molar-refractivity contribution in [3.63, 3.8) is 0 Å². The molecule has 1 rings (SSSR count). The molecule has 20 heavy (non-hydrogen) atoms. The molecule has 0 aromatic heterocycles. The predicted molar refractivity (Wildman–Crippen MR) is 92.0 cm³/mol. The summed E-state index contributed by atoms with van der Waals surface area (Å²) in [7, 11) is 0. The zero-order valence-electron chi connectivity index (χ0n) is 12.7. The average Bonchev–Trinajstić information content (AvgIpc) is 2.45. The van der Waals surface area contributed by atoms with Crippen LogP contribution < -0.4 is 0 Å². The molecule has 0 aliphatic heterocycles. The van der Waals surface area contributed by atoms with Gasteiger partial charge in [-0.05, 0) is 36.5 Å². The van der Waals surface area contributed by atoms with Crippen molar-refractivity contribution in [3.05, 3.63) is 34.9 Å². The van der Waals surface area contributed by atoms with Crippen molar-refractivity contribution in [2.45, 2.75) is 64.7 Å². The van der Waals surface area contributed by atoms with Crippen LogP contribution >= 0.6 is 23.2 Å². The Kier molecular flexibility index (Phi) is 10.2. The molecule has 2 heteroatoms. The van der Waals surface area contributed by atoms with E-state index >= 15 is 0 Å². The van der Waals surface area contributed by atoms with Crippen LogP contribution in [0.15, 0.2) is 24.3 Å². The van der Waals surface area contributed by atoms with E-state index in [1.54, 1.807) is 0 Å². The fourth-order valence-electron chi connectivity index (χ4n) is 2.62. The Hall–Kier alpha value is -0.200. The molecule has 0 nitrogen and oxygen atoms in total. The second-order valence-corrected chi connectivity index (χ2v) is 6.51. The maximum Gasteiger partial charge on any atom is 0.0408 e. The van der Waals surface area contributed by atoms with Gasteiger partial charge in [0, 0.05) is 10.9 Å². The highest BCUT2D eigenvalue weighted by molar-refractivity contribution is 6.30. The van der Waals surface area contributed by atoms with Crippen LogP contribution in [0.1, 0.15) is 63.9 Å². The van der Waals surface area contributed by atoms with Gasteiger partial charge in [-0.15, -0.1) is 11.6 Å². The van der Waals surface area contributed by atoms with Crippen LogP contribution in [0.2, 0.25) is 5.02 Å². The number of benzene rings is 1. The molecule has 0 fully saturated rings. The van der Waals surface area contributed by atoms with Crippen molar-refractivity contribution in [3.8, 4) is 0 Å². The second-order valence-electron chi connectivity index (χ2n) is 5.76. The van der Waals surface area contributed by atoms with Crippen molar-refractivity contribution in [1.82, 2.24) is 0 Å². The summed E-state index contributed by atoms with van der Waals surface area (Å²) in [6, 6.07) is 8.16. The molecule has 0 saturated heterocycles. The van der Waals surface area contributed by atoms with Crippen LogP contribution in [-0.2, 0) is 6.42 Å². The first-order valence-corrected chi connectivity index (χ1v) is 8.98. The van der Waals surface area contributed by atoms with E-state index in [4.69, 9.17) is 23.2 Å². The van der Waals surface area contributed by atoms with Crippen molar-refractivity contribution >= 4 is 23.2 Å². The number of hydrogen-bond donors (Lipinski definition) is 0. The standard InChI is InChI=1S/C18H28Cl2/c1-2-3-4-5-6-7-8-10-17(15-19)13-16-11-9-12-18(20)14-16/h9,11-12,14,17H,2-8,10,13,15H2,1H3. The smallest absolute Gasteiger partial charge is 0.0408 e. The predicted octanol–water partition coefficient (Wildman–Crippen LogP) is 6.88. The molecule has 1 aromatic rings. The van der Waals surface area contributed by atoms with E-state index in [1.165, 1.54) is 56.9 Å². The molecule has 0 N–H and O–H groups in total. The summed E-state index contributed by atoms with van der Waals surface area (Å²) in [6.07, 6.45) is 11.9. The Morgan fingerprint density at radius 3 is 2.35 bits per heavy atom. The highest BCUT2D eigenvalue weighted by Gasteiger charge is 2.08. The number of hydrogen-bond acceptors (Lipinski definition) is 0. The summed E-state index contributed by atoms with van der Waals surface area (Å²) in [6.45, 7) is 2.26. The number of halogens is 2. The molecule has 0 bridgehead atoms. The molecule has 0 amide bonds. The summed E-state index contributed by atoms with van der Waals surface area (Å²) >= 11 is 12.1. The first-order chi connectivity index (χ1) is 9.76. The normalized spacial score (nSPS) is 12.6. The topological polar surface area (TPSA) is 0 Å². The summed E-state index contributed by atoms with van der Waals surface area (Å²) < 4.78 is 0. The van der Waals surface area contributed by atoms with Gasteiger partial charge in [0.05, 0.1) is 0 Å². The van der Waals surface area contributed by atoms with Gasteiger partial charge in [0.2, 0.25) is 0 Å². The van der Waals surface area contributed by atoms with Gasteiger partial charge in [-0.25, -0.2) is 0 Å². The highest BCUT2D eigenvalue weighted by Crippen LogP contribution is 2.20. The minimum Gasteiger partial charge on any atom is -0.126 e. The maximum absolute atomic E-state index is 6.11. The molecule has 1 aromatic carbocycles. The third-order valence-corrected chi connectivity index (χ3v) is 4.52. The van der Waals surface area contributed by atoms with Gasteiger partial charge in [-0.3, -0.25) is 0 Å². The number of alkyl halides is 1. The lowest BCUT2D eigenvalue weighted by Gasteiger charge is -2.14. The molecule has 0 saturated carbocycles. The molecular formula is C18H28Cl2. The quantitative estimate of drug-likeness (QED) is 0.308. The van der Waals surface area contributed by atoms with Gasteiger partial charge >= 0.3 is 0 Å². The number of unbranched alkanes of at least 4 members (excludes halogenated alkanes) is 6. The lowest BCUT2D eigenvalue weighted by Crippen LogP contribution is -2.06. The maximum atomic E-state index is 6.11. The molecule has 1 unspecified atom stereocenters. The SMILES string of the molecule is CCCCCCCCCC(CCl)Cc1cccc(Cl)c1. The largest absolute Gasteiger partial charge is 0.126 e. The molecular weight excluding hydrogens is 287 g/mol. The van der Waals surface area contributed by atoms with E-state index in [0.717, 1.165) is 17.3 Å². The Morgan fingerprint density at radius 1 is 1.00 bits per heavy atom. The minimum absolute atomic E-state index is 0.589. The van der Waals surface area contributed by atoms with E-state index in [1.807, 2.05) is 12.1 Å². The van der Waals surface area contributed by atoms with Gasteiger partial charge in [-0.2, -0.15) is 0 Å². The van der Waals surface area contributed by atoms with Crippen molar-refractivity contribution < 1.29 is 0 Å². The summed E-state index contributed by atoms with van der Waals surface area (Å²) in [5, 5.41) is 0.826. The number of rotatable bonds is 11. The third kappa shape index (κ3) is 8.17. The van der Waals surface area contributed by atoms with Gasteiger partial charge in [0.1, 0.15) is 0 Å². The zero-order valence-corrected chi connectivity index (χ0v) is 14.2.